The van der Waals surface area contributed by atoms with E-state index in [0.717, 1.165) is 0 Å². The lowest BCUT2D eigenvalue weighted by atomic mass is 10.4. The number of rotatable bonds is 8. The molecule has 7 heteroatoms. The smallest absolute Gasteiger partial charge is 0.323 e. The molecule has 1 amide bonds. The fraction of sp³-hybridized carbons (Fsp3) is 0.538. The minimum atomic E-state index is -0.708. The number of carbonyl (C=O) groups excluding carboxylic acids is 2. The summed E-state index contributed by atoms with van der Waals surface area (Å²) in [6, 6.07) is 2.84. The van der Waals surface area contributed by atoms with Gasteiger partial charge in [-0.2, -0.15) is 0 Å². The predicted octanol–water partition coefficient (Wildman–Crippen LogP) is 0.908. The van der Waals surface area contributed by atoms with E-state index in [1.807, 2.05) is 0 Å². The summed E-state index contributed by atoms with van der Waals surface area (Å²) in [7, 11) is 0. The number of hydrogen-bond donors (Lipinski definition) is 2. The first-order valence-corrected chi connectivity index (χ1v) is 7.43. The van der Waals surface area contributed by atoms with Gasteiger partial charge in [0.25, 0.3) is 0 Å². The van der Waals surface area contributed by atoms with Gasteiger partial charge >= 0.3 is 5.97 Å². The number of furan rings is 1. The van der Waals surface area contributed by atoms with Crippen LogP contribution >= 0.6 is 11.8 Å². The van der Waals surface area contributed by atoms with Gasteiger partial charge in [-0.25, -0.2) is 0 Å². The van der Waals surface area contributed by atoms with Crippen LogP contribution < -0.4 is 11.1 Å². The Labute approximate surface area is 122 Å². The maximum Gasteiger partial charge on any atom is 0.323 e. The summed E-state index contributed by atoms with van der Waals surface area (Å²) in [6.07, 6.45) is 1.55. The van der Waals surface area contributed by atoms with Crippen molar-refractivity contribution >= 4 is 23.6 Å². The Balaban J connectivity index is 2.25. The van der Waals surface area contributed by atoms with E-state index in [-0.39, 0.29) is 11.2 Å². The zero-order valence-electron chi connectivity index (χ0n) is 11.6. The minimum Gasteiger partial charge on any atom is -0.467 e. The second kappa shape index (κ2) is 8.65. The van der Waals surface area contributed by atoms with E-state index >= 15 is 0 Å². The average molecular weight is 300 g/mol. The van der Waals surface area contributed by atoms with Crippen LogP contribution in [0, 0.1) is 0 Å². The monoisotopic (exact) mass is 300 g/mol. The molecule has 1 aromatic heterocycles. The molecule has 0 aliphatic rings. The molecular weight excluding hydrogens is 280 g/mol. The first-order chi connectivity index (χ1) is 9.54. The van der Waals surface area contributed by atoms with E-state index in [0.29, 0.717) is 24.7 Å². The van der Waals surface area contributed by atoms with E-state index in [1.54, 1.807) is 32.2 Å². The fourth-order valence-electron chi connectivity index (χ4n) is 1.37. The van der Waals surface area contributed by atoms with Gasteiger partial charge in [0.05, 0.1) is 24.7 Å². The number of esters is 1. The Kier molecular flexibility index (Phi) is 7.17. The first-order valence-electron chi connectivity index (χ1n) is 6.38. The van der Waals surface area contributed by atoms with E-state index in [2.05, 4.69) is 5.32 Å². The molecule has 3 N–H and O–H groups in total. The molecule has 20 heavy (non-hydrogen) atoms. The third-order valence-corrected chi connectivity index (χ3v) is 3.77. The first kappa shape index (κ1) is 16.6. The van der Waals surface area contributed by atoms with Crippen LogP contribution in [0.5, 0.6) is 0 Å². The highest BCUT2D eigenvalue weighted by Gasteiger charge is 2.19. The Morgan fingerprint density at radius 1 is 1.55 bits per heavy atom. The summed E-state index contributed by atoms with van der Waals surface area (Å²) < 4.78 is 9.92. The fourth-order valence-corrected chi connectivity index (χ4v) is 2.24. The van der Waals surface area contributed by atoms with Crippen LogP contribution in [-0.4, -0.2) is 35.5 Å². The highest BCUT2D eigenvalue weighted by molar-refractivity contribution is 8.00. The van der Waals surface area contributed by atoms with Gasteiger partial charge in [-0.15, -0.1) is 11.8 Å². The van der Waals surface area contributed by atoms with Crippen LogP contribution in [-0.2, 0) is 20.9 Å². The number of amides is 1. The summed E-state index contributed by atoms with van der Waals surface area (Å²) in [6.45, 7) is 4.14. The summed E-state index contributed by atoms with van der Waals surface area (Å²) in [5, 5.41) is 2.45. The molecular formula is C13H20N2O4S. The van der Waals surface area contributed by atoms with Crippen molar-refractivity contribution in [2.24, 2.45) is 5.73 Å². The van der Waals surface area contributed by atoms with Crippen molar-refractivity contribution in [3.05, 3.63) is 24.2 Å². The van der Waals surface area contributed by atoms with Crippen molar-refractivity contribution in [2.75, 3.05) is 12.4 Å². The Morgan fingerprint density at radius 2 is 2.30 bits per heavy atom. The molecule has 1 rings (SSSR count). The van der Waals surface area contributed by atoms with E-state index < -0.39 is 12.0 Å². The maximum atomic E-state index is 11.8. The minimum absolute atomic E-state index is 0.123. The largest absolute Gasteiger partial charge is 0.467 e. The molecule has 0 radical (unpaired) electrons. The van der Waals surface area contributed by atoms with Crippen molar-refractivity contribution < 1.29 is 18.7 Å². The summed E-state index contributed by atoms with van der Waals surface area (Å²) in [5.74, 6) is 0.471. The van der Waals surface area contributed by atoms with Crippen molar-refractivity contribution in [1.29, 1.82) is 0 Å². The van der Waals surface area contributed by atoms with E-state index in [9.17, 15) is 9.59 Å². The molecule has 0 aliphatic heterocycles. The lowest BCUT2D eigenvalue weighted by Gasteiger charge is -2.14. The molecule has 1 heterocycles. The molecule has 0 aromatic carbocycles. The van der Waals surface area contributed by atoms with E-state index in [4.69, 9.17) is 14.9 Å². The molecule has 1 aromatic rings. The Morgan fingerprint density at radius 3 is 2.90 bits per heavy atom. The van der Waals surface area contributed by atoms with Gasteiger partial charge in [-0.3, -0.25) is 9.59 Å². The number of carbonyl (C=O) groups is 2. The molecule has 0 saturated heterocycles. The summed E-state index contributed by atoms with van der Waals surface area (Å²) >= 11 is 1.32. The summed E-state index contributed by atoms with van der Waals surface area (Å²) in [4.78, 5) is 23.1. The van der Waals surface area contributed by atoms with Crippen LogP contribution in [0.4, 0.5) is 0 Å². The molecule has 2 unspecified atom stereocenters. The van der Waals surface area contributed by atoms with Gasteiger partial charge in [0.15, 0.2) is 0 Å². The van der Waals surface area contributed by atoms with Gasteiger partial charge in [-0.1, -0.05) is 0 Å². The molecule has 2 atom stereocenters. The van der Waals surface area contributed by atoms with Crippen LogP contribution in [0.3, 0.4) is 0 Å². The number of ether oxygens (including phenoxy) is 1. The van der Waals surface area contributed by atoms with E-state index in [1.165, 1.54) is 11.8 Å². The molecule has 0 aliphatic carbocycles. The second-order valence-electron chi connectivity index (χ2n) is 4.13. The molecule has 0 saturated carbocycles. The Hall–Kier alpha value is -1.47. The average Bonchev–Trinajstić information content (AvgIpc) is 2.95. The number of thioether (sulfide) groups is 1. The third kappa shape index (κ3) is 5.66. The summed E-state index contributed by atoms with van der Waals surface area (Å²) in [5.41, 5.74) is 5.66. The van der Waals surface area contributed by atoms with Gasteiger partial charge in [-0.05, 0) is 26.0 Å². The zero-order valence-corrected chi connectivity index (χ0v) is 12.4. The van der Waals surface area contributed by atoms with Gasteiger partial charge in [0.1, 0.15) is 11.8 Å². The predicted molar refractivity (Wildman–Crippen MR) is 77.1 cm³/mol. The third-order valence-electron chi connectivity index (χ3n) is 2.50. The standard InChI is InChI=1S/C13H20N2O4S/c1-3-18-13(17)11(14)8-20-9(2)12(16)15-7-10-5-4-6-19-10/h4-6,9,11H,3,7-8,14H2,1-2H3,(H,15,16). The number of nitrogens with one attached hydrogen (secondary N) is 1. The topological polar surface area (TPSA) is 94.6 Å². The van der Waals surface area contributed by atoms with Gasteiger partial charge in [0, 0.05) is 5.75 Å². The second-order valence-corrected chi connectivity index (χ2v) is 5.51. The molecule has 0 bridgehead atoms. The zero-order chi connectivity index (χ0) is 15.0. The highest BCUT2D eigenvalue weighted by Crippen LogP contribution is 2.12. The van der Waals surface area contributed by atoms with Crippen LogP contribution in [0.15, 0.2) is 22.8 Å². The van der Waals surface area contributed by atoms with Crippen LogP contribution in [0.2, 0.25) is 0 Å². The van der Waals surface area contributed by atoms with Crippen molar-refractivity contribution in [2.45, 2.75) is 31.7 Å². The Bertz CT molecular complexity index is 422. The highest BCUT2D eigenvalue weighted by atomic mass is 32.2. The van der Waals surface area contributed by atoms with Crippen molar-refractivity contribution in [1.82, 2.24) is 5.32 Å². The molecule has 0 spiro atoms. The van der Waals surface area contributed by atoms with Crippen LogP contribution in [0.1, 0.15) is 19.6 Å². The molecule has 6 nitrogen and oxygen atoms in total. The normalized spacial score (nSPS) is 13.6. The number of hydrogen-bond acceptors (Lipinski definition) is 6. The van der Waals surface area contributed by atoms with Crippen molar-refractivity contribution in [3.63, 3.8) is 0 Å². The van der Waals surface area contributed by atoms with Crippen LogP contribution in [0.25, 0.3) is 0 Å². The SMILES string of the molecule is CCOC(=O)C(N)CSC(C)C(=O)NCc1ccco1. The molecule has 0 fully saturated rings. The molecule has 112 valence electrons. The van der Waals surface area contributed by atoms with Gasteiger partial charge in [0.2, 0.25) is 5.91 Å². The maximum absolute atomic E-state index is 11.8. The number of nitrogens with two attached hydrogens (primary N) is 1. The quantitative estimate of drug-likeness (QED) is 0.693. The lowest BCUT2D eigenvalue weighted by Crippen LogP contribution is -2.37. The van der Waals surface area contributed by atoms with Gasteiger partial charge < -0.3 is 20.2 Å². The lowest BCUT2D eigenvalue weighted by molar-refractivity contribution is -0.144. The van der Waals surface area contributed by atoms with Crippen molar-refractivity contribution in [3.8, 4) is 0 Å².